The Kier molecular flexibility index (Phi) is 2.41. The molecule has 0 amide bonds. The summed E-state index contributed by atoms with van der Waals surface area (Å²) in [6.07, 6.45) is 0. The minimum atomic E-state index is -0.539. The standard InChI is InChI=1S/C9H7FN2OS/c1-13-7-4-2-3-6(5-7)8-9(10)12-14-11-8/h2-5H,1H3. The Morgan fingerprint density at radius 2 is 2.21 bits per heavy atom. The molecule has 0 aliphatic heterocycles. The van der Waals surface area contributed by atoms with Crippen molar-refractivity contribution in [2.45, 2.75) is 0 Å². The molecule has 0 radical (unpaired) electrons. The maximum Gasteiger partial charge on any atom is 0.252 e. The van der Waals surface area contributed by atoms with E-state index in [1.54, 1.807) is 31.4 Å². The first-order chi connectivity index (χ1) is 6.81. The predicted octanol–water partition coefficient (Wildman–Crippen LogP) is 2.35. The zero-order valence-electron chi connectivity index (χ0n) is 7.40. The van der Waals surface area contributed by atoms with E-state index in [1.165, 1.54) is 0 Å². The van der Waals surface area contributed by atoms with Crippen molar-refractivity contribution in [1.29, 1.82) is 0 Å². The fourth-order valence-corrected chi connectivity index (χ4v) is 1.58. The van der Waals surface area contributed by atoms with Crippen LogP contribution >= 0.6 is 11.7 Å². The average molecular weight is 210 g/mol. The number of benzene rings is 1. The van der Waals surface area contributed by atoms with Crippen LogP contribution in [0.25, 0.3) is 11.3 Å². The van der Waals surface area contributed by atoms with E-state index in [1.807, 2.05) is 0 Å². The third kappa shape index (κ3) is 1.58. The van der Waals surface area contributed by atoms with Crippen molar-refractivity contribution in [3.63, 3.8) is 0 Å². The molecule has 0 atom stereocenters. The summed E-state index contributed by atoms with van der Waals surface area (Å²) in [6.45, 7) is 0. The van der Waals surface area contributed by atoms with Gasteiger partial charge in [0.25, 0.3) is 5.95 Å². The van der Waals surface area contributed by atoms with Crippen molar-refractivity contribution in [1.82, 2.24) is 8.75 Å². The van der Waals surface area contributed by atoms with E-state index in [-0.39, 0.29) is 5.69 Å². The minimum Gasteiger partial charge on any atom is -0.497 e. The molecule has 1 aromatic heterocycles. The second kappa shape index (κ2) is 3.71. The van der Waals surface area contributed by atoms with Crippen LogP contribution in [0, 0.1) is 5.95 Å². The first kappa shape index (κ1) is 9.08. The molecule has 3 nitrogen and oxygen atoms in total. The number of hydrogen-bond acceptors (Lipinski definition) is 4. The molecule has 0 aliphatic carbocycles. The van der Waals surface area contributed by atoms with Gasteiger partial charge in [-0.2, -0.15) is 8.76 Å². The number of aromatic nitrogens is 2. The Bertz CT molecular complexity index is 444. The summed E-state index contributed by atoms with van der Waals surface area (Å²) in [5, 5.41) is 0. The number of rotatable bonds is 2. The zero-order chi connectivity index (χ0) is 9.97. The van der Waals surface area contributed by atoms with Gasteiger partial charge in [0, 0.05) is 5.56 Å². The molecule has 0 spiro atoms. The van der Waals surface area contributed by atoms with Gasteiger partial charge in [-0.3, -0.25) is 0 Å². The maximum absolute atomic E-state index is 13.1. The molecule has 1 aromatic carbocycles. The molecule has 0 saturated carbocycles. The molecule has 2 aromatic rings. The lowest BCUT2D eigenvalue weighted by atomic mass is 10.1. The highest BCUT2D eigenvalue weighted by Crippen LogP contribution is 2.24. The third-order valence-electron chi connectivity index (χ3n) is 1.79. The van der Waals surface area contributed by atoms with Crippen molar-refractivity contribution in [3.8, 4) is 17.0 Å². The summed E-state index contributed by atoms with van der Waals surface area (Å²) in [5.41, 5.74) is 0.949. The lowest BCUT2D eigenvalue weighted by Gasteiger charge is -2.00. The third-order valence-corrected chi connectivity index (χ3v) is 2.30. The average Bonchev–Trinajstić information content (AvgIpc) is 2.65. The van der Waals surface area contributed by atoms with Gasteiger partial charge in [0.1, 0.15) is 11.4 Å². The van der Waals surface area contributed by atoms with Crippen LogP contribution in [0.2, 0.25) is 0 Å². The van der Waals surface area contributed by atoms with E-state index >= 15 is 0 Å². The molecule has 0 saturated heterocycles. The summed E-state index contributed by atoms with van der Waals surface area (Å²) >= 11 is 0.859. The molecule has 2 rings (SSSR count). The summed E-state index contributed by atoms with van der Waals surface area (Å²) < 4.78 is 25.4. The van der Waals surface area contributed by atoms with Crippen LogP contribution in [0.4, 0.5) is 4.39 Å². The Labute approximate surface area is 84.5 Å². The number of methoxy groups -OCH3 is 1. The van der Waals surface area contributed by atoms with E-state index in [0.29, 0.717) is 11.3 Å². The lowest BCUT2D eigenvalue weighted by molar-refractivity contribution is 0.415. The molecule has 72 valence electrons. The Balaban J connectivity index is 2.47. The molecule has 5 heteroatoms. The van der Waals surface area contributed by atoms with Gasteiger partial charge in [0.2, 0.25) is 0 Å². The first-order valence-electron chi connectivity index (χ1n) is 3.94. The Morgan fingerprint density at radius 1 is 1.36 bits per heavy atom. The highest BCUT2D eigenvalue weighted by Gasteiger charge is 2.09. The molecule has 0 fully saturated rings. The summed E-state index contributed by atoms with van der Waals surface area (Å²) in [5.74, 6) is 0.137. The number of nitrogens with zero attached hydrogens (tertiary/aromatic N) is 2. The van der Waals surface area contributed by atoms with Crippen molar-refractivity contribution in [3.05, 3.63) is 30.2 Å². The van der Waals surface area contributed by atoms with Crippen LogP contribution < -0.4 is 4.74 Å². The number of halogens is 1. The normalized spacial score (nSPS) is 10.1. The molecule has 0 aliphatic rings. The van der Waals surface area contributed by atoms with Crippen LogP contribution in [-0.2, 0) is 0 Å². The van der Waals surface area contributed by atoms with Crippen LogP contribution in [0.3, 0.4) is 0 Å². The fraction of sp³-hybridized carbons (Fsp3) is 0.111. The number of hydrogen-bond donors (Lipinski definition) is 0. The summed E-state index contributed by atoms with van der Waals surface area (Å²) in [6, 6.07) is 7.07. The van der Waals surface area contributed by atoms with Gasteiger partial charge in [-0.05, 0) is 12.1 Å². The van der Waals surface area contributed by atoms with Crippen molar-refractivity contribution in [2.75, 3.05) is 7.11 Å². The molecular formula is C9H7FN2OS. The van der Waals surface area contributed by atoms with Gasteiger partial charge >= 0.3 is 0 Å². The SMILES string of the molecule is COc1cccc(-c2nsnc2F)c1. The monoisotopic (exact) mass is 210 g/mol. The predicted molar refractivity (Wildman–Crippen MR) is 51.9 cm³/mol. The summed E-state index contributed by atoms with van der Waals surface area (Å²) in [7, 11) is 1.56. The van der Waals surface area contributed by atoms with Gasteiger partial charge < -0.3 is 4.74 Å². The molecular weight excluding hydrogens is 203 g/mol. The van der Waals surface area contributed by atoms with Crippen LogP contribution in [0.5, 0.6) is 5.75 Å². The van der Waals surface area contributed by atoms with E-state index in [2.05, 4.69) is 8.75 Å². The zero-order valence-corrected chi connectivity index (χ0v) is 8.21. The van der Waals surface area contributed by atoms with Crippen molar-refractivity contribution >= 4 is 11.7 Å². The molecule has 14 heavy (non-hydrogen) atoms. The van der Waals surface area contributed by atoms with Gasteiger partial charge in [0.05, 0.1) is 18.8 Å². The van der Waals surface area contributed by atoms with Crippen molar-refractivity contribution in [2.24, 2.45) is 0 Å². The maximum atomic E-state index is 13.1. The molecule has 0 unspecified atom stereocenters. The molecule has 0 N–H and O–H groups in total. The smallest absolute Gasteiger partial charge is 0.252 e. The number of ether oxygens (including phenoxy) is 1. The van der Waals surface area contributed by atoms with E-state index in [4.69, 9.17) is 4.74 Å². The van der Waals surface area contributed by atoms with E-state index < -0.39 is 5.95 Å². The Morgan fingerprint density at radius 3 is 2.86 bits per heavy atom. The lowest BCUT2D eigenvalue weighted by Crippen LogP contribution is -1.85. The van der Waals surface area contributed by atoms with Gasteiger partial charge in [-0.15, -0.1) is 4.37 Å². The van der Waals surface area contributed by atoms with Gasteiger partial charge in [-0.25, -0.2) is 0 Å². The second-order valence-corrected chi connectivity index (χ2v) is 3.16. The van der Waals surface area contributed by atoms with Crippen molar-refractivity contribution < 1.29 is 9.13 Å². The Hall–Kier alpha value is -1.49. The molecule has 1 heterocycles. The first-order valence-corrected chi connectivity index (χ1v) is 4.67. The fourth-order valence-electron chi connectivity index (χ4n) is 1.12. The van der Waals surface area contributed by atoms with E-state index in [9.17, 15) is 4.39 Å². The largest absolute Gasteiger partial charge is 0.497 e. The quantitative estimate of drug-likeness (QED) is 0.763. The molecule has 0 bridgehead atoms. The van der Waals surface area contributed by atoms with E-state index in [0.717, 1.165) is 11.7 Å². The topological polar surface area (TPSA) is 35.0 Å². The van der Waals surface area contributed by atoms with Crippen LogP contribution in [-0.4, -0.2) is 15.9 Å². The highest BCUT2D eigenvalue weighted by molar-refractivity contribution is 6.99. The van der Waals surface area contributed by atoms with Crippen LogP contribution in [0.1, 0.15) is 0 Å². The van der Waals surface area contributed by atoms with Crippen LogP contribution in [0.15, 0.2) is 24.3 Å². The highest BCUT2D eigenvalue weighted by atomic mass is 32.1. The van der Waals surface area contributed by atoms with Gasteiger partial charge in [0.15, 0.2) is 0 Å². The second-order valence-electron chi connectivity index (χ2n) is 2.64. The van der Waals surface area contributed by atoms with Gasteiger partial charge in [-0.1, -0.05) is 12.1 Å². The summed E-state index contributed by atoms with van der Waals surface area (Å²) in [4.78, 5) is 0. The minimum absolute atomic E-state index is 0.272.